The molecule has 0 spiro atoms. The van der Waals surface area contributed by atoms with E-state index in [0.717, 1.165) is 234 Å². The lowest BCUT2D eigenvalue weighted by atomic mass is 9.92. The van der Waals surface area contributed by atoms with E-state index in [4.69, 9.17) is 62.2 Å². The van der Waals surface area contributed by atoms with Crippen molar-refractivity contribution in [2.24, 2.45) is 27.1 Å². The zero-order valence-corrected chi connectivity index (χ0v) is 87.7. The Labute approximate surface area is 874 Å². The van der Waals surface area contributed by atoms with E-state index in [1.165, 1.54) is 45.3 Å². The molecule has 11 heterocycles. The summed E-state index contributed by atoms with van der Waals surface area (Å²) < 4.78 is 57.5. The van der Waals surface area contributed by atoms with Gasteiger partial charge in [0.25, 0.3) is 0 Å². The molecule has 2 aliphatic heterocycles. The van der Waals surface area contributed by atoms with Crippen LogP contribution in [-0.2, 0) is 34.2 Å². The van der Waals surface area contributed by atoms with Gasteiger partial charge >= 0.3 is 6.01 Å². The van der Waals surface area contributed by atoms with Crippen molar-refractivity contribution in [3.63, 3.8) is 0 Å². The Hall–Kier alpha value is -15.3. The molecule has 36 heteroatoms. The van der Waals surface area contributed by atoms with E-state index in [0.29, 0.717) is 54.0 Å². The van der Waals surface area contributed by atoms with Crippen LogP contribution in [0.3, 0.4) is 0 Å². The van der Waals surface area contributed by atoms with Crippen molar-refractivity contribution < 1.29 is 42.3 Å². The molecule has 17 aromatic rings. The number of nitrogens with one attached hydrogen (secondary N) is 2. The Kier molecular flexibility index (Phi) is 38.8. The molecule has 19 rings (SSSR count). The van der Waals surface area contributed by atoms with Gasteiger partial charge in [-0.1, -0.05) is 40.7 Å². The lowest BCUT2D eigenvalue weighted by Crippen LogP contribution is -2.39. The summed E-state index contributed by atoms with van der Waals surface area (Å²) in [5, 5.41) is 32.2. The Bertz CT molecular complexity index is 7080. The predicted molar refractivity (Wildman–Crippen MR) is 596 cm³/mol. The van der Waals surface area contributed by atoms with E-state index in [1.807, 2.05) is 159 Å². The molecule has 0 radical (unpaired) electrons. The van der Waals surface area contributed by atoms with E-state index in [2.05, 4.69) is 201 Å². The third-order valence-electron chi connectivity index (χ3n) is 26.0. The number of anilines is 9. The van der Waals surface area contributed by atoms with Crippen molar-refractivity contribution in [1.29, 1.82) is 0 Å². The number of piperidine rings is 1. The molecule has 2 fully saturated rings. The van der Waals surface area contributed by atoms with Crippen molar-refractivity contribution >= 4 is 109 Å². The maximum Gasteiger partial charge on any atom is 0.315 e. The first-order valence-corrected chi connectivity index (χ1v) is 49.4. The second-order valence-electron chi connectivity index (χ2n) is 36.6. The number of aryl methyl sites for hydroxylation is 4. The van der Waals surface area contributed by atoms with Crippen molar-refractivity contribution in [1.82, 2.24) is 104 Å². The molecular weight excluding hydrogens is 1890 g/mol. The first-order chi connectivity index (χ1) is 70.5. The standard InChI is InChI=1S/C30H38N6O2.C28H34N6O2.C26H28N8O3.C26H32N6O2.2CH4.H2S/c1-21(2)35-11-8-22(9-12-35)10-13-36(25-14-26(37-4)17-27(15-25)38-5)24-6-7-28-29(16-24)33-30(19-31-28)23-18-32-34(3)20-23;1-20-7-5-10-33(20)11-6-12-34(23-13-24(35-3)16-25(14-23)36-4)22-8-9-26-27(15-22)31-28(18-29-26)21-17-30-32(2)19-21;1-5-8-27-26-32-31-25(37-26)16-34(19-9-20(35-3)12-21(10-19)36-4)18-6-7-22-23(11-18)30-24(14-28-22)17-13-29-33(2)15-17;1-6-31-17-19(15-29-31)26-16-28-24-8-7-20(13-25(24)30-26)32(10-9-27-18(2)3)21-11-22(33-4)14-23(12-21)34-5;;;/h6-7,14-22H,8-13H2,1-5H3;8-9,13-20H,5-7,10-12H2,1-4H3;6-7,9-15H,5,8,16H2,1-4H3,(H,27,32);7-8,11-18,27H,6,9-10H2,1-5H3;2*1H4;1H2/t;20-;;;;;/m.0...../s1. The van der Waals surface area contributed by atoms with Gasteiger partial charge in [0.1, 0.15) is 52.5 Å². The average molecular weight is 2030 g/mol. The Balaban J connectivity index is 0.000000164. The van der Waals surface area contributed by atoms with Gasteiger partial charge in [-0.2, -0.15) is 33.9 Å². The van der Waals surface area contributed by atoms with Gasteiger partial charge < -0.3 is 82.3 Å². The highest BCUT2D eigenvalue weighted by Gasteiger charge is 2.27. The Morgan fingerprint density at radius 3 is 1.10 bits per heavy atom. The summed E-state index contributed by atoms with van der Waals surface area (Å²) in [4.78, 5) is 52.3. The molecule has 0 bridgehead atoms. The number of hydrogen-bond acceptors (Lipinski definition) is 31. The molecule has 8 aromatic carbocycles. The van der Waals surface area contributed by atoms with Crippen LogP contribution in [0.15, 0.2) is 224 Å². The minimum absolute atomic E-state index is 0. The number of hydrogen-bond donors (Lipinski definition) is 2. The van der Waals surface area contributed by atoms with Crippen LogP contribution in [0.1, 0.15) is 114 Å². The van der Waals surface area contributed by atoms with Gasteiger partial charge in [0, 0.05) is 250 Å². The lowest BCUT2D eigenvalue weighted by molar-refractivity contribution is 0.146. The minimum Gasteiger partial charge on any atom is -0.497 e. The van der Waals surface area contributed by atoms with Crippen LogP contribution in [-0.4, -0.2) is 233 Å². The van der Waals surface area contributed by atoms with Gasteiger partial charge in [-0.25, -0.2) is 19.9 Å². The van der Waals surface area contributed by atoms with Gasteiger partial charge in [-0.15, -0.1) is 5.10 Å². The van der Waals surface area contributed by atoms with Crippen LogP contribution < -0.4 is 68.1 Å². The van der Waals surface area contributed by atoms with Gasteiger partial charge in [-0.3, -0.25) is 38.7 Å². The maximum absolute atomic E-state index is 5.86. The molecule has 9 aromatic heterocycles. The number of methoxy groups -OCH3 is 8. The van der Waals surface area contributed by atoms with Crippen LogP contribution in [0.2, 0.25) is 0 Å². The van der Waals surface area contributed by atoms with E-state index >= 15 is 0 Å². The maximum atomic E-state index is 5.86. The van der Waals surface area contributed by atoms with Crippen molar-refractivity contribution in [2.45, 2.75) is 139 Å². The number of rotatable bonds is 38. The number of nitrogens with zero attached hydrogens (tertiary/aromatic N) is 24. The summed E-state index contributed by atoms with van der Waals surface area (Å²) in [5.41, 5.74) is 21.5. The fourth-order valence-corrected chi connectivity index (χ4v) is 18.0. The SMILES string of the molecule is C.C.CCCNc1nnc(CN(c2cc(OC)cc(OC)c2)c2ccc3ncc(-c4cnn(C)c4)nc3c2)o1.CCn1cc(-c2cnc3ccc(N(CCNC(C)C)c4cc(OC)cc(OC)c4)cc3n2)cn1.COc1cc(OC)cc(N(CCC2CCN(C(C)C)CC2)c2ccc3ncc(-c4cnn(C)c4)nc3c2)c1.COc1cc(OC)cc(N(CCCN2CCC[C@@H]2C)c2ccc3ncc(-c4cnn(C)c4)nc3c2)c1.S. The highest BCUT2D eigenvalue weighted by atomic mass is 32.1. The molecule has 35 nitrogen and oxygen atoms in total. The second-order valence-corrected chi connectivity index (χ2v) is 36.6. The van der Waals surface area contributed by atoms with Crippen LogP contribution in [0.5, 0.6) is 46.0 Å². The van der Waals surface area contributed by atoms with Crippen molar-refractivity contribution in [3.05, 3.63) is 226 Å². The van der Waals surface area contributed by atoms with Gasteiger partial charge in [0.2, 0.25) is 5.89 Å². The van der Waals surface area contributed by atoms with Crippen molar-refractivity contribution in [3.8, 4) is 91.0 Å². The molecule has 780 valence electrons. The van der Waals surface area contributed by atoms with E-state index in [1.54, 1.807) is 95.7 Å². The molecule has 1 atom stereocenters. The third-order valence-corrected chi connectivity index (χ3v) is 26.0. The largest absolute Gasteiger partial charge is 0.497 e. The smallest absolute Gasteiger partial charge is 0.315 e. The molecule has 0 aliphatic carbocycles. The summed E-state index contributed by atoms with van der Waals surface area (Å²) in [6, 6.07) is 50.4. The monoisotopic (exact) mass is 2030 g/mol. The predicted octanol–water partition coefficient (Wildman–Crippen LogP) is 21.4. The fourth-order valence-electron chi connectivity index (χ4n) is 18.0. The molecule has 2 saturated heterocycles. The zero-order chi connectivity index (χ0) is 102. The number of aromatic nitrogens is 18. The first kappa shape index (κ1) is 110. The summed E-state index contributed by atoms with van der Waals surface area (Å²) in [5.74, 6) is 7.04. The number of likely N-dealkylation sites (tertiary alicyclic amines) is 2. The summed E-state index contributed by atoms with van der Waals surface area (Å²) in [7, 11) is 19.0. The second kappa shape index (κ2) is 52.2. The van der Waals surface area contributed by atoms with E-state index in [9.17, 15) is 0 Å². The minimum atomic E-state index is 0. The molecule has 148 heavy (non-hydrogen) atoms. The normalized spacial score (nSPS) is 13.0. The quantitative estimate of drug-likeness (QED) is 0.0363. The number of fused-ring (bicyclic) bond motifs is 4. The molecular formula is C112H142N26O9S. The van der Waals surface area contributed by atoms with E-state index < -0.39 is 0 Å². The summed E-state index contributed by atoms with van der Waals surface area (Å²) in [6.45, 7) is 25.2. The fraction of sp³-hybridized carbons (Fsp3) is 0.375. The van der Waals surface area contributed by atoms with Crippen LogP contribution in [0.25, 0.3) is 89.2 Å². The summed E-state index contributed by atoms with van der Waals surface area (Å²) >= 11 is 0. The van der Waals surface area contributed by atoms with Crippen molar-refractivity contribution in [2.75, 3.05) is 141 Å². The molecule has 2 aliphatic rings. The molecule has 0 saturated carbocycles. The van der Waals surface area contributed by atoms with Crippen LogP contribution in [0.4, 0.5) is 51.5 Å². The molecule has 2 N–H and O–H groups in total. The zero-order valence-electron chi connectivity index (χ0n) is 86.7. The number of ether oxygens (including phenoxy) is 8. The van der Waals surface area contributed by atoms with Crippen LogP contribution in [0, 0.1) is 5.92 Å². The average Bonchev–Trinajstić information content (AvgIpc) is 0.812. The summed E-state index contributed by atoms with van der Waals surface area (Å²) in [6.07, 6.45) is 30.4. The Morgan fingerprint density at radius 1 is 0.399 bits per heavy atom. The lowest BCUT2D eigenvalue weighted by Gasteiger charge is -2.35. The third kappa shape index (κ3) is 27.9. The number of benzene rings is 8. The van der Waals surface area contributed by atoms with Gasteiger partial charge in [0.15, 0.2) is 0 Å². The van der Waals surface area contributed by atoms with E-state index in [-0.39, 0.29) is 28.3 Å². The van der Waals surface area contributed by atoms with Crippen LogP contribution >= 0.6 is 13.5 Å². The van der Waals surface area contributed by atoms with Gasteiger partial charge in [-0.05, 0) is 171 Å². The topological polar surface area (TPSA) is 331 Å². The first-order valence-electron chi connectivity index (χ1n) is 49.4. The van der Waals surface area contributed by atoms with Gasteiger partial charge in [0.05, 0.1) is 173 Å². The molecule has 0 unspecified atom stereocenters. The molecule has 0 amide bonds. The highest BCUT2D eigenvalue weighted by Crippen LogP contribution is 2.42. The highest BCUT2D eigenvalue weighted by molar-refractivity contribution is 7.59. The Morgan fingerprint density at radius 2 is 0.764 bits per heavy atom.